The van der Waals surface area contributed by atoms with Gasteiger partial charge in [0.1, 0.15) is 19.2 Å². The minimum Gasteiger partial charge on any atom is -0.464 e. The van der Waals surface area contributed by atoms with Crippen molar-refractivity contribution in [1.82, 2.24) is 9.55 Å². The van der Waals surface area contributed by atoms with Crippen molar-refractivity contribution in [3.63, 3.8) is 0 Å². The molecule has 0 aliphatic rings. The van der Waals surface area contributed by atoms with Crippen molar-refractivity contribution in [3.05, 3.63) is 65.5 Å². The van der Waals surface area contributed by atoms with Gasteiger partial charge in [-0.05, 0) is 17.7 Å². The van der Waals surface area contributed by atoms with Crippen LogP contribution in [0, 0.1) is 0 Å². The van der Waals surface area contributed by atoms with Gasteiger partial charge in [-0.25, -0.2) is 9.78 Å². The molecule has 178 valence electrons. The van der Waals surface area contributed by atoms with E-state index in [0.717, 1.165) is 18.7 Å². The molecule has 0 N–H and O–H groups in total. The van der Waals surface area contributed by atoms with Crippen LogP contribution in [0.2, 0.25) is 25.7 Å². The average molecular weight is 477 g/mol. The fourth-order valence-corrected chi connectivity index (χ4v) is 4.07. The lowest BCUT2D eigenvalue weighted by Gasteiger charge is -2.17. The molecule has 33 heavy (non-hydrogen) atoms. The lowest BCUT2D eigenvalue weighted by atomic mass is 10.1. The molecule has 1 heterocycles. The van der Waals surface area contributed by atoms with Crippen molar-refractivity contribution < 1.29 is 27.8 Å². The molecule has 2 aromatic carbocycles. The summed E-state index contributed by atoms with van der Waals surface area (Å²) in [5.74, 6) is -5.01. The van der Waals surface area contributed by atoms with Crippen molar-refractivity contribution in [2.24, 2.45) is 0 Å². The maximum absolute atomic E-state index is 14.8. The van der Waals surface area contributed by atoms with Crippen LogP contribution in [0.4, 0.5) is 8.78 Å². The van der Waals surface area contributed by atoms with Gasteiger partial charge in [-0.2, -0.15) is 8.78 Å². The number of hydrogen-bond acceptors (Lipinski definition) is 5. The molecule has 0 amide bonds. The first-order chi connectivity index (χ1) is 15.6. The van der Waals surface area contributed by atoms with Gasteiger partial charge in [0.2, 0.25) is 0 Å². The molecule has 0 radical (unpaired) electrons. The molecule has 9 heteroatoms. The Morgan fingerprint density at radius 3 is 2.42 bits per heavy atom. The first-order valence-corrected chi connectivity index (χ1v) is 14.5. The number of carbonyl (C=O) groups excluding carboxylic acids is 1. The highest BCUT2D eigenvalue weighted by atomic mass is 28.3. The largest absolute Gasteiger partial charge is 0.464 e. The Bertz CT molecular complexity index is 1080. The van der Waals surface area contributed by atoms with Crippen molar-refractivity contribution in [1.29, 1.82) is 0 Å². The number of para-hydroxylation sites is 1. The van der Waals surface area contributed by atoms with Gasteiger partial charge in [0.05, 0.1) is 30.3 Å². The summed E-state index contributed by atoms with van der Waals surface area (Å²) >= 11 is 0. The van der Waals surface area contributed by atoms with E-state index >= 15 is 0 Å². The molecule has 0 atom stereocenters. The predicted octanol–water partition coefficient (Wildman–Crippen LogP) is 5.33. The van der Waals surface area contributed by atoms with Gasteiger partial charge >= 0.3 is 11.9 Å². The van der Waals surface area contributed by atoms with Crippen LogP contribution < -0.4 is 0 Å². The topological polar surface area (TPSA) is 62.6 Å². The van der Waals surface area contributed by atoms with Crippen molar-refractivity contribution >= 4 is 25.1 Å². The minimum absolute atomic E-state index is 0.0278. The van der Waals surface area contributed by atoms with Gasteiger partial charge in [-0.1, -0.05) is 62.1 Å². The second-order valence-corrected chi connectivity index (χ2v) is 14.6. The highest BCUT2D eigenvalue weighted by molar-refractivity contribution is 6.76. The summed E-state index contributed by atoms with van der Waals surface area (Å²) in [7, 11) is -0.346. The number of nitrogens with zero attached hydrogens (tertiary/aromatic N) is 2. The number of rotatable bonds is 11. The number of carbonyl (C=O) groups is 1. The quantitative estimate of drug-likeness (QED) is 0.213. The second-order valence-electron chi connectivity index (χ2n) is 9.02. The fraction of sp³-hybridized carbons (Fsp3) is 0.417. The van der Waals surface area contributed by atoms with Crippen LogP contribution in [-0.2, 0) is 44.9 Å². The first kappa shape index (κ1) is 25.0. The highest BCUT2D eigenvalue weighted by Gasteiger charge is 2.44. The Morgan fingerprint density at radius 1 is 1.03 bits per heavy atom. The van der Waals surface area contributed by atoms with Crippen LogP contribution in [0.15, 0.2) is 48.5 Å². The predicted molar refractivity (Wildman–Crippen MR) is 125 cm³/mol. The molecule has 0 spiro atoms. The Kier molecular flexibility index (Phi) is 7.99. The lowest BCUT2D eigenvalue weighted by Crippen LogP contribution is -2.27. The van der Waals surface area contributed by atoms with Gasteiger partial charge < -0.3 is 18.8 Å². The van der Waals surface area contributed by atoms with Gasteiger partial charge in [0, 0.05) is 14.7 Å². The van der Waals surface area contributed by atoms with E-state index in [4.69, 9.17) is 9.47 Å². The molecule has 0 unspecified atom stereocenters. The van der Waals surface area contributed by atoms with E-state index in [-0.39, 0.29) is 18.9 Å². The molecule has 0 bridgehead atoms. The molecule has 0 aliphatic heterocycles. The summed E-state index contributed by atoms with van der Waals surface area (Å²) in [5.41, 5.74) is 0.962. The summed E-state index contributed by atoms with van der Waals surface area (Å²) in [5, 5.41) is 0. The smallest absolute Gasteiger partial charge is 0.381 e. The van der Waals surface area contributed by atoms with Crippen LogP contribution in [0.5, 0.6) is 0 Å². The number of ether oxygens (including phenoxy) is 3. The van der Waals surface area contributed by atoms with E-state index in [9.17, 15) is 13.6 Å². The van der Waals surface area contributed by atoms with Crippen LogP contribution in [0.1, 0.15) is 17.0 Å². The first-order valence-electron chi connectivity index (χ1n) is 10.8. The summed E-state index contributed by atoms with van der Waals surface area (Å²) in [6.07, 6.45) is 0. The minimum atomic E-state index is -3.83. The molecule has 3 rings (SSSR count). The Balaban J connectivity index is 1.90. The van der Waals surface area contributed by atoms with Crippen LogP contribution in [-0.4, -0.2) is 37.3 Å². The normalized spacial score (nSPS) is 12.3. The Morgan fingerprint density at radius 2 is 1.76 bits per heavy atom. The van der Waals surface area contributed by atoms with Crippen LogP contribution >= 0.6 is 0 Å². The third-order valence-electron chi connectivity index (χ3n) is 5.20. The Labute approximate surface area is 193 Å². The zero-order chi connectivity index (χ0) is 24.1. The molecular weight excluding hydrogens is 446 g/mol. The van der Waals surface area contributed by atoms with Crippen molar-refractivity contribution in [3.8, 4) is 0 Å². The highest BCUT2D eigenvalue weighted by Crippen LogP contribution is 2.35. The average Bonchev–Trinajstić information content (AvgIpc) is 3.13. The summed E-state index contributed by atoms with van der Waals surface area (Å²) < 4.78 is 47.2. The molecule has 6 nitrogen and oxygen atoms in total. The number of hydrogen-bond donors (Lipinski definition) is 0. The van der Waals surface area contributed by atoms with Gasteiger partial charge in [0.15, 0.2) is 0 Å². The van der Waals surface area contributed by atoms with E-state index in [0.29, 0.717) is 24.6 Å². The molecular formula is C24H30F2N2O4Si. The number of aromatic nitrogens is 2. The molecule has 1 aromatic heterocycles. The Hall–Kier alpha value is -2.62. The summed E-state index contributed by atoms with van der Waals surface area (Å²) in [4.78, 5) is 16.2. The lowest BCUT2D eigenvalue weighted by molar-refractivity contribution is -0.170. The van der Waals surface area contributed by atoms with E-state index < -0.39 is 25.5 Å². The number of esters is 1. The number of imidazole rings is 1. The zero-order valence-electron chi connectivity index (χ0n) is 19.4. The number of alkyl halides is 2. The second kappa shape index (κ2) is 10.5. The van der Waals surface area contributed by atoms with Gasteiger partial charge in [0.25, 0.3) is 0 Å². The molecule has 0 aliphatic carbocycles. The molecule has 0 saturated carbocycles. The molecule has 0 saturated heterocycles. The third kappa shape index (κ3) is 6.25. The van der Waals surface area contributed by atoms with Crippen LogP contribution in [0.3, 0.4) is 0 Å². The standard InChI is InChI=1S/C24H30F2N2O4Si/c1-30-23(29)24(25,26)19-11-8-12-20-22(19)27-21(16-32-15-18-9-6-5-7-10-18)28(20)17-31-13-14-33(2,3)4/h5-12H,13-17H2,1-4H3. The molecule has 0 fully saturated rings. The van der Waals surface area contributed by atoms with Crippen molar-refractivity contribution in [2.75, 3.05) is 13.7 Å². The fourth-order valence-electron chi connectivity index (χ4n) is 3.31. The van der Waals surface area contributed by atoms with Crippen molar-refractivity contribution in [2.45, 2.75) is 51.6 Å². The summed E-state index contributed by atoms with van der Waals surface area (Å²) in [6.45, 7) is 7.94. The van der Waals surface area contributed by atoms with Gasteiger partial charge in [-0.3, -0.25) is 0 Å². The van der Waals surface area contributed by atoms with E-state index in [1.165, 1.54) is 12.1 Å². The van der Waals surface area contributed by atoms with Crippen LogP contribution in [0.25, 0.3) is 11.0 Å². The SMILES string of the molecule is COC(=O)C(F)(F)c1cccc2c1nc(COCc1ccccc1)n2COCC[Si](C)(C)C. The number of halogens is 2. The number of benzene rings is 2. The summed E-state index contributed by atoms with van der Waals surface area (Å²) in [6, 6.07) is 15.0. The van der Waals surface area contributed by atoms with E-state index in [1.54, 1.807) is 10.6 Å². The zero-order valence-corrected chi connectivity index (χ0v) is 20.4. The number of fused-ring (bicyclic) bond motifs is 1. The monoisotopic (exact) mass is 476 g/mol. The number of methoxy groups -OCH3 is 1. The molecule has 3 aromatic rings. The maximum atomic E-state index is 14.8. The maximum Gasteiger partial charge on any atom is 0.381 e. The van der Waals surface area contributed by atoms with E-state index in [1.807, 2.05) is 30.3 Å². The van der Waals surface area contributed by atoms with Gasteiger partial charge in [-0.15, -0.1) is 0 Å². The third-order valence-corrected chi connectivity index (χ3v) is 6.90. The van der Waals surface area contributed by atoms with E-state index in [2.05, 4.69) is 29.4 Å².